The first kappa shape index (κ1) is 23.8. The van der Waals surface area contributed by atoms with Gasteiger partial charge in [-0.15, -0.1) is 46.7 Å². The van der Waals surface area contributed by atoms with Crippen LogP contribution >= 0.6 is 46.7 Å². The third kappa shape index (κ3) is 6.68. The summed E-state index contributed by atoms with van der Waals surface area (Å²) in [4.78, 5) is 25.8. The van der Waals surface area contributed by atoms with Crippen molar-refractivity contribution in [3.8, 4) is 0 Å². The summed E-state index contributed by atoms with van der Waals surface area (Å²) in [6.45, 7) is 8.65. The number of halogens is 1. The van der Waals surface area contributed by atoms with E-state index in [0.717, 1.165) is 22.1 Å². The second-order valence-corrected chi connectivity index (χ2v) is 7.54. The molecule has 0 aliphatic rings. The Labute approximate surface area is 185 Å². The average Bonchev–Trinajstić information content (AvgIpc) is 3.25. The molecule has 10 heteroatoms. The number of nitrogens with one attached hydrogen (secondary N) is 2. The summed E-state index contributed by atoms with van der Waals surface area (Å²) in [5, 5.41) is 10.5. The first-order chi connectivity index (χ1) is 12.5. The number of aliphatic imine (C=N–C) groups is 1. The maximum atomic E-state index is 12.0. The van der Waals surface area contributed by atoms with E-state index in [1.807, 2.05) is 13.8 Å². The molecule has 2 aromatic heterocycles. The molecular formula is C17H26IN5O2S2. The third-order valence-electron chi connectivity index (χ3n) is 3.56. The lowest BCUT2D eigenvalue weighted by atomic mass is 10.3. The van der Waals surface area contributed by atoms with Gasteiger partial charge in [0.25, 0.3) is 0 Å². The minimum absolute atomic E-state index is 0. The Hall–Kier alpha value is -1.27. The van der Waals surface area contributed by atoms with Crippen LogP contribution in [0.15, 0.2) is 10.4 Å². The van der Waals surface area contributed by atoms with Crippen molar-refractivity contribution in [2.45, 2.75) is 46.7 Å². The standard InChI is InChI=1S/C17H25N5O2S2.HI/c1-6-13-22-12(9-25-13)8-19-17(18-5)21-11(4)15-20-10(3)14(26-15)16(23)24-7-2;/h9,11H,6-8H2,1-5H3,(H2,18,19,21);1H. The monoisotopic (exact) mass is 523 g/mol. The number of rotatable bonds is 7. The van der Waals surface area contributed by atoms with Gasteiger partial charge in [0.2, 0.25) is 0 Å². The van der Waals surface area contributed by atoms with E-state index in [9.17, 15) is 4.79 Å². The van der Waals surface area contributed by atoms with Crippen LogP contribution in [0.4, 0.5) is 0 Å². The molecule has 0 saturated heterocycles. The highest BCUT2D eigenvalue weighted by atomic mass is 127. The number of carbonyl (C=O) groups is 1. The van der Waals surface area contributed by atoms with Gasteiger partial charge in [0.05, 0.1) is 35.6 Å². The van der Waals surface area contributed by atoms with Crippen molar-refractivity contribution in [2.75, 3.05) is 13.7 Å². The Bertz CT molecular complexity index is 775. The van der Waals surface area contributed by atoms with E-state index < -0.39 is 0 Å². The van der Waals surface area contributed by atoms with Crippen molar-refractivity contribution in [2.24, 2.45) is 4.99 Å². The fourth-order valence-electron chi connectivity index (χ4n) is 2.22. The first-order valence-corrected chi connectivity index (χ1v) is 10.2. The molecule has 0 aromatic carbocycles. The highest BCUT2D eigenvalue weighted by Gasteiger charge is 2.20. The number of nitrogens with zero attached hydrogens (tertiary/aromatic N) is 3. The predicted molar refractivity (Wildman–Crippen MR) is 121 cm³/mol. The zero-order valence-corrected chi connectivity index (χ0v) is 20.1. The van der Waals surface area contributed by atoms with Gasteiger partial charge in [0, 0.05) is 12.4 Å². The Balaban J connectivity index is 0.00000364. The van der Waals surface area contributed by atoms with E-state index >= 15 is 0 Å². The van der Waals surface area contributed by atoms with E-state index in [1.165, 1.54) is 11.3 Å². The van der Waals surface area contributed by atoms with Gasteiger partial charge in [-0.25, -0.2) is 14.8 Å². The van der Waals surface area contributed by atoms with Crippen LogP contribution < -0.4 is 10.6 Å². The normalized spacial score (nSPS) is 12.3. The smallest absolute Gasteiger partial charge is 0.350 e. The number of guanidine groups is 1. The van der Waals surface area contributed by atoms with Crippen molar-refractivity contribution in [3.63, 3.8) is 0 Å². The highest BCUT2D eigenvalue weighted by molar-refractivity contribution is 14.0. The molecule has 0 amide bonds. The average molecular weight is 523 g/mol. The molecule has 2 heterocycles. The van der Waals surface area contributed by atoms with Crippen molar-refractivity contribution in [1.29, 1.82) is 0 Å². The van der Waals surface area contributed by atoms with Gasteiger partial charge in [-0.05, 0) is 27.2 Å². The van der Waals surface area contributed by atoms with Gasteiger partial charge in [0.1, 0.15) is 9.88 Å². The predicted octanol–water partition coefficient (Wildman–Crippen LogP) is 3.69. The minimum atomic E-state index is -0.321. The zero-order chi connectivity index (χ0) is 19.1. The lowest BCUT2D eigenvalue weighted by Gasteiger charge is -2.15. The molecular weight excluding hydrogens is 497 g/mol. The maximum absolute atomic E-state index is 12.0. The molecule has 1 unspecified atom stereocenters. The number of aryl methyl sites for hydroxylation is 2. The molecule has 2 N–H and O–H groups in total. The molecule has 1 atom stereocenters. The number of hydrogen-bond donors (Lipinski definition) is 2. The van der Waals surface area contributed by atoms with Gasteiger partial charge in [-0.2, -0.15) is 0 Å². The van der Waals surface area contributed by atoms with Gasteiger partial charge in [-0.1, -0.05) is 6.92 Å². The summed E-state index contributed by atoms with van der Waals surface area (Å²) >= 11 is 3.01. The topological polar surface area (TPSA) is 88.5 Å². The van der Waals surface area contributed by atoms with Crippen LogP contribution in [0.2, 0.25) is 0 Å². The number of aromatic nitrogens is 2. The molecule has 2 rings (SSSR count). The number of hydrogen-bond acceptors (Lipinski definition) is 7. The molecule has 2 aromatic rings. The van der Waals surface area contributed by atoms with E-state index in [-0.39, 0.29) is 36.0 Å². The van der Waals surface area contributed by atoms with Gasteiger partial charge < -0.3 is 15.4 Å². The lowest BCUT2D eigenvalue weighted by molar-refractivity contribution is 0.0531. The largest absolute Gasteiger partial charge is 0.462 e. The highest BCUT2D eigenvalue weighted by Crippen LogP contribution is 2.24. The molecule has 0 radical (unpaired) electrons. The summed E-state index contributed by atoms with van der Waals surface area (Å²) in [6.07, 6.45) is 0.945. The quantitative estimate of drug-likeness (QED) is 0.249. The first-order valence-electron chi connectivity index (χ1n) is 8.53. The van der Waals surface area contributed by atoms with Crippen LogP contribution in [0.3, 0.4) is 0 Å². The van der Waals surface area contributed by atoms with E-state index in [4.69, 9.17) is 4.74 Å². The van der Waals surface area contributed by atoms with Gasteiger partial charge in [0.15, 0.2) is 5.96 Å². The van der Waals surface area contributed by atoms with E-state index in [2.05, 4.69) is 37.9 Å². The second-order valence-electron chi connectivity index (χ2n) is 5.57. The molecule has 0 fully saturated rings. The molecule has 150 valence electrons. The fourth-order valence-corrected chi connectivity index (χ4v) is 3.92. The van der Waals surface area contributed by atoms with Gasteiger partial charge >= 0.3 is 5.97 Å². The van der Waals surface area contributed by atoms with Crippen molar-refractivity contribution in [1.82, 2.24) is 20.6 Å². The summed E-state index contributed by atoms with van der Waals surface area (Å²) in [5.41, 5.74) is 1.69. The van der Waals surface area contributed by atoms with Crippen molar-refractivity contribution >= 4 is 58.6 Å². The molecule has 0 spiro atoms. The van der Waals surface area contributed by atoms with Crippen LogP contribution in [0.25, 0.3) is 0 Å². The summed E-state index contributed by atoms with van der Waals surface area (Å²) < 4.78 is 5.07. The molecule has 0 aliphatic carbocycles. The lowest BCUT2D eigenvalue weighted by Crippen LogP contribution is -2.38. The molecule has 27 heavy (non-hydrogen) atoms. The van der Waals surface area contributed by atoms with E-state index in [0.29, 0.717) is 29.7 Å². The van der Waals surface area contributed by atoms with Crippen LogP contribution in [-0.2, 0) is 17.7 Å². The van der Waals surface area contributed by atoms with Crippen LogP contribution in [0.5, 0.6) is 0 Å². The van der Waals surface area contributed by atoms with E-state index in [1.54, 1.807) is 25.3 Å². The van der Waals surface area contributed by atoms with Crippen LogP contribution in [-0.4, -0.2) is 35.6 Å². The zero-order valence-electron chi connectivity index (χ0n) is 16.2. The fraction of sp³-hybridized carbons (Fsp3) is 0.529. The SMILES string of the molecule is CCOC(=O)c1sc(C(C)NC(=NC)NCc2csc(CC)n2)nc1C.I. The number of carbonyl (C=O) groups excluding carboxylic acids is 1. The second kappa shape index (κ2) is 11.5. The number of ether oxygens (including phenoxy) is 1. The Kier molecular flexibility index (Phi) is 10.2. The molecule has 0 aliphatic heterocycles. The van der Waals surface area contributed by atoms with Crippen molar-refractivity contribution in [3.05, 3.63) is 31.7 Å². The van der Waals surface area contributed by atoms with Crippen LogP contribution in [0, 0.1) is 6.92 Å². The third-order valence-corrected chi connectivity index (χ3v) is 5.92. The molecule has 0 saturated carbocycles. The minimum Gasteiger partial charge on any atom is -0.462 e. The molecule has 0 bridgehead atoms. The van der Waals surface area contributed by atoms with Gasteiger partial charge in [-0.3, -0.25) is 4.99 Å². The Morgan fingerprint density at radius 2 is 2.11 bits per heavy atom. The van der Waals surface area contributed by atoms with Crippen LogP contribution in [0.1, 0.15) is 57.9 Å². The number of esters is 1. The summed E-state index contributed by atoms with van der Waals surface area (Å²) in [7, 11) is 1.72. The van der Waals surface area contributed by atoms with Crippen molar-refractivity contribution < 1.29 is 9.53 Å². The Morgan fingerprint density at radius 1 is 1.37 bits per heavy atom. The Morgan fingerprint density at radius 3 is 2.70 bits per heavy atom. The summed E-state index contributed by atoms with van der Waals surface area (Å²) in [6, 6.07) is -0.0882. The molecule has 7 nitrogen and oxygen atoms in total. The summed E-state index contributed by atoms with van der Waals surface area (Å²) in [5.74, 6) is 0.341. The number of thiazole rings is 2. The maximum Gasteiger partial charge on any atom is 0.350 e.